The van der Waals surface area contributed by atoms with E-state index in [0.29, 0.717) is 5.41 Å². The van der Waals surface area contributed by atoms with Gasteiger partial charge in [0.2, 0.25) is 0 Å². The van der Waals surface area contributed by atoms with E-state index in [1.165, 1.54) is 44.1 Å². The second-order valence-electron chi connectivity index (χ2n) is 6.96. The van der Waals surface area contributed by atoms with Gasteiger partial charge in [0, 0.05) is 5.41 Å². The molecule has 0 amide bonds. The van der Waals surface area contributed by atoms with Crippen molar-refractivity contribution in [1.29, 1.82) is 0 Å². The molecule has 0 aromatic heterocycles. The molecular weight excluding hydrogens is 270 g/mol. The molecule has 124 valence electrons. The van der Waals surface area contributed by atoms with E-state index in [-0.39, 0.29) is 0 Å². The van der Waals surface area contributed by atoms with Gasteiger partial charge in [0.05, 0.1) is 6.61 Å². The number of hydrogen-bond donors (Lipinski definition) is 1. The maximum absolute atomic E-state index is 6.27. The van der Waals surface area contributed by atoms with Crippen LogP contribution >= 0.6 is 0 Å². The van der Waals surface area contributed by atoms with E-state index in [1.54, 1.807) is 0 Å². The lowest BCUT2D eigenvalue weighted by molar-refractivity contribution is 0.0949. The normalized spacial score (nSPS) is 15.0. The largest absolute Gasteiger partial charge is 0.493 e. The van der Waals surface area contributed by atoms with Crippen LogP contribution in [-0.2, 0) is 6.42 Å². The Hall–Kier alpha value is -1.02. The lowest BCUT2D eigenvalue weighted by Gasteiger charge is -2.33. The van der Waals surface area contributed by atoms with Crippen molar-refractivity contribution >= 4 is 0 Å². The Kier molecular flexibility index (Phi) is 6.75. The molecule has 1 aliphatic rings. The Bertz CT molecular complexity index is 433. The molecule has 0 spiro atoms. The molecule has 0 bridgehead atoms. The van der Waals surface area contributed by atoms with Crippen LogP contribution < -0.4 is 10.5 Å². The number of aryl methyl sites for hydroxylation is 1. The summed E-state index contributed by atoms with van der Waals surface area (Å²) < 4.78 is 6.27. The van der Waals surface area contributed by atoms with Crippen LogP contribution in [0.1, 0.15) is 64.4 Å². The zero-order chi connectivity index (χ0) is 15.8. The van der Waals surface area contributed by atoms with E-state index < -0.39 is 0 Å². The summed E-state index contributed by atoms with van der Waals surface area (Å²) in [5.41, 5.74) is 7.36. The van der Waals surface area contributed by atoms with Crippen LogP contribution in [-0.4, -0.2) is 13.2 Å². The first-order chi connectivity index (χ1) is 10.7. The average molecular weight is 303 g/mol. The monoisotopic (exact) mass is 303 g/mol. The smallest absolute Gasteiger partial charge is 0.119 e. The minimum Gasteiger partial charge on any atom is -0.493 e. The number of hydrogen-bond acceptors (Lipinski definition) is 2. The SMILES string of the molecule is CCCC(CCC)(COc1cccc(CCCN)c1)C1CC1. The molecule has 1 fully saturated rings. The quantitative estimate of drug-likeness (QED) is 0.627. The highest BCUT2D eigenvalue weighted by Gasteiger charge is 2.44. The van der Waals surface area contributed by atoms with Crippen molar-refractivity contribution < 1.29 is 4.74 Å². The van der Waals surface area contributed by atoms with E-state index in [2.05, 4.69) is 38.1 Å². The van der Waals surface area contributed by atoms with Crippen LogP contribution in [0.2, 0.25) is 0 Å². The summed E-state index contributed by atoms with van der Waals surface area (Å²) >= 11 is 0. The van der Waals surface area contributed by atoms with Gasteiger partial charge in [-0.25, -0.2) is 0 Å². The number of rotatable bonds is 11. The lowest BCUT2D eigenvalue weighted by atomic mass is 9.75. The molecule has 0 aliphatic heterocycles. The molecule has 1 aliphatic carbocycles. The molecule has 1 saturated carbocycles. The molecule has 0 radical (unpaired) electrons. The van der Waals surface area contributed by atoms with Gasteiger partial charge in [0.25, 0.3) is 0 Å². The fourth-order valence-corrected chi connectivity index (χ4v) is 3.81. The van der Waals surface area contributed by atoms with Crippen LogP contribution in [0.4, 0.5) is 0 Å². The van der Waals surface area contributed by atoms with Crippen molar-refractivity contribution in [3.8, 4) is 5.75 Å². The Labute approximate surface area is 136 Å². The molecule has 0 unspecified atom stereocenters. The third kappa shape index (κ3) is 4.74. The third-order valence-corrected chi connectivity index (χ3v) is 5.03. The highest BCUT2D eigenvalue weighted by Crippen LogP contribution is 2.51. The molecule has 1 aromatic rings. The van der Waals surface area contributed by atoms with Crippen LogP contribution in [0.3, 0.4) is 0 Å². The third-order valence-electron chi connectivity index (χ3n) is 5.03. The molecule has 2 heteroatoms. The second kappa shape index (κ2) is 8.57. The predicted octanol–water partition coefficient (Wildman–Crippen LogP) is 4.95. The van der Waals surface area contributed by atoms with Gasteiger partial charge in [0.1, 0.15) is 5.75 Å². The summed E-state index contributed by atoms with van der Waals surface area (Å²) in [6.07, 6.45) is 10.0. The number of ether oxygens (including phenoxy) is 1. The van der Waals surface area contributed by atoms with E-state index in [0.717, 1.165) is 37.7 Å². The minimum atomic E-state index is 0.413. The van der Waals surface area contributed by atoms with Crippen molar-refractivity contribution in [2.45, 2.75) is 65.2 Å². The summed E-state index contributed by atoms with van der Waals surface area (Å²) in [6, 6.07) is 8.58. The minimum absolute atomic E-state index is 0.413. The Morgan fingerprint density at radius 2 is 1.91 bits per heavy atom. The van der Waals surface area contributed by atoms with Crippen molar-refractivity contribution in [3.05, 3.63) is 29.8 Å². The molecule has 0 saturated heterocycles. The van der Waals surface area contributed by atoms with Gasteiger partial charge in [-0.3, -0.25) is 0 Å². The fourth-order valence-electron chi connectivity index (χ4n) is 3.81. The van der Waals surface area contributed by atoms with Gasteiger partial charge in [-0.05, 0) is 68.7 Å². The van der Waals surface area contributed by atoms with Crippen LogP contribution in [0.15, 0.2) is 24.3 Å². The molecule has 2 rings (SSSR count). The van der Waals surface area contributed by atoms with Crippen molar-refractivity contribution in [3.63, 3.8) is 0 Å². The standard InChI is InChI=1S/C20H33NO/c1-3-12-20(13-4-2,18-10-11-18)16-22-19-9-5-7-17(15-19)8-6-14-21/h5,7,9,15,18H,3-4,6,8,10-14,16,21H2,1-2H3. The molecule has 22 heavy (non-hydrogen) atoms. The summed E-state index contributed by atoms with van der Waals surface area (Å²) in [4.78, 5) is 0. The first kappa shape index (κ1) is 17.3. The summed E-state index contributed by atoms with van der Waals surface area (Å²) in [7, 11) is 0. The molecular formula is C20H33NO. The molecule has 1 aromatic carbocycles. The fraction of sp³-hybridized carbons (Fsp3) is 0.700. The van der Waals surface area contributed by atoms with Crippen molar-refractivity contribution in [1.82, 2.24) is 0 Å². The number of benzene rings is 1. The van der Waals surface area contributed by atoms with Gasteiger partial charge in [0.15, 0.2) is 0 Å². The van der Waals surface area contributed by atoms with Gasteiger partial charge < -0.3 is 10.5 Å². The van der Waals surface area contributed by atoms with E-state index in [1.807, 2.05) is 0 Å². The second-order valence-corrected chi connectivity index (χ2v) is 6.96. The zero-order valence-electron chi connectivity index (χ0n) is 14.4. The van der Waals surface area contributed by atoms with E-state index >= 15 is 0 Å². The van der Waals surface area contributed by atoms with Gasteiger partial charge in [-0.1, -0.05) is 38.8 Å². The highest BCUT2D eigenvalue weighted by atomic mass is 16.5. The van der Waals surface area contributed by atoms with Gasteiger partial charge >= 0.3 is 0 Å². The average Bonchev–Trinajstić information content (AvgIpc) is 3.37. The molecule has 2 N–H and O–H groups in total. The Morgan fingerprint density at radius 1 is 1.18 bits per heavy atom. The van der Waals surface area contributed by atoms with E-state index in [4.69, 9.17) is 10.5 Å². The Balaban J connectivity index is 1.99. The molecule has 0 atom stereocenters. The first-order valence-corrected chi connectivity index (χ1v) is 9.16. The zero-order valence-corrected chi connectivity index (χ0v) is 14.4. The molecule has 0 heterocycles. The van der Waals surface area contributed by atoms with Gasteiger partial charge in [-0.15, -0.1) is 0 Å². The summed E-state index contributed by atoms with van der Waals surface area (Å²) in [5.74, 6) is 1.93. The maximum Gasteiger partial charge on any atom is 0.119 e. The van der Waals surface area contributed by atoms with Crippen molar-refractivity contribution in [2.75, 3.05) is 13.2 Å². The van der Waals surface area contributed by atoms with E-state index in [9.17, 15) is 0 Å². The predicted molar refractivity (Wildman–Crippen MR) is 94.3 cm³/mol. The summed E-state index contributed by atoms with van der Waals surface area (Å²) in [5, 5.41) is 0. The summed E-state index contributed by atoms with van der Waals surface area (Å²) in [6.45, 7) is 6.25. The van der Waals surface area contributed by atoms with Crippen LogP contribution in [0.5, 0.6) is 5.75 Å². The van der Waals surface area contributed by atoms with Crippen LogP contribution in [0.25, 0.3) is 0 Å². The number of nitrogens with two attached hydrogens (primary N) is 1. The first-order valence-electron chi connectivity index (χ1n) is 9.16. The topological polar surface area (TPSA) is 35.2 Å². The van der Waals surface area contributed by atoms with Gasteiger partial charge in [-0.2, -0.15) is 0 Å². The lowest BCUT2D eigenvalue weighted by Crippen LogP contribution is -2.31. The highest BCUT2D eigenvalue weighted by molar-refractivity contribution is 5.28. The molecule has 2 nitrogen and oxygen atoms in total. The van der Waals surface area contributed by atoms with Crippen LogP contribution in [0, 0.1) is 11.3 Å². The van der Waals surface area contributed by atoms with Crippen molar-refractivity contribution in [2.24, 2.45) is 17.1 Å². The Morgan fingerprint density at radius 3 is 2.50 bits per heavy atom. The maximum atomic E-state index is 6.27.